The second-order valence-corrected chi connectivity index (χ2v) is 7.09. The number of anilines is 2. The lowest BCUT2D eigenvalue weighted by atomic mass is 10.1. The molecule has 0 saturated heterocycles. The van der Waals surface area contributed by atoms with E-state index in [1.54, 1.807) is 24.3 Å². The van der Waals surface area contributed by atoms with E-state index in [4.69, 9.17) is 5.73 Å². The van der Waals surface area contributed by atoms with E-state index in [0.717, 1.165) is 23.5 Å². The Balaban J connectivity index is 1.58. The first-order valence-corrected chi connectivity index (χ1v) is 9.02. The fourth-order valence-electron chi connectivity index (χ4n) is 2.83. The Kier molecular flexibility index (Phi) is 4.47. The van der Waals surface area contributed by atoms with Gasteiger partial charge in [0.2, 0.25) is 5.91 Å². The summed E-state index contributed by atoms with van der Waals surface area (Å²) in [5.74, 6) is -3.18. The van der Waals surface area contributed by atoms with Gasteiger partial charge < -0.3 is 5.73 Å². The Hall–Kier alpha value is -3.40. The largest absolute Gasteiger partial charge is 0.368 e. The lowest BCUT2D eigenvalue weighted by Gasteiger charge is -2.20. The maximum absolute atomic E-state index is 13.3. The van der Waals surface area contributed by atoms with E-state index in [0.29, 0.717) is 10.4 Å². The van der Waals surface area contributed by atoms with Crippen LogP contribution in [0.1, 0.15) is 6.42 Å². The zero-order chi connectivity index (χ0) is 19.8. The van der Waals surface area contributed by atoms with Gasteiger partial charge in [0.15, 0.2) is 16.8 Å². The lowest BCUT2D eigenvalue weighted by Crippen LogP contribution is -2.39. The van der Waals surface area contributed by atoms with Crippen molar-refractivity contribution in [3.63, 3.8) is 0 Å². The number of rotatable bonds is 4. The third kappa shape index (κ3) is 3.29. The molecule has 0 aliphatic carbocycles. The van der Waals surface area contributed by atoms with E-state index >= 15 is 0 Å². The second-order valence-electron chi connectivity index (χ2n) is 6.06. The number of primary amides is 1. The molecule has 7 nitrogen and oxygen atoms in total. The number of carbonyl (C=O) groups is 2. The van der Waals surface area contributed by atoms with Crippen molar-refractivity contribution in [2.75, 3.05) is 10.3 Å². The second kappa shape index (κ2) is 6.97. The first kappa shape index (κ1) is 18.0. The first-order chi connectivity index (χ1) is 13.4. The van der Waals surface area contributed by atoms with Gasteiger partial charge >= 0.3 is 0 Å². The number of para-hydroxylation sites is 1. The van der Waals surface area contributed by atoms with Gasteiger partial charge in [0.1, 0.15) is 11.8 Å². The molecular formula is C18H13F2N5O2S. The number of fused-ring (bicyclic) bond motifs is 1. The summed E-state index contributed by atoms with van der Waals surface area (Å²) in [7, 11) is 0. The fourth-order valence-corrected chi connectivity index (χ4v) is 3.70. The molecule has 1 aromatic heterocycles. The van der Waals surface area contributed by atoms with Gasteiger partial charge in [-0.15, -0.1) is 0 Å². The third-order valence-electron chi connectivity index (χ3n) is 4.17. The quantitative estimate of drug-likeness (QED) is 0.702. The van der Waals surface area contributed by atoms with Crippen molar-refractivity contribution in [3.8, 4) is 0 Å². The minimum absolute atomic E-state index is 0.0320. The van der Waals surface area contributed by atoms with E-state index in [1.165, 1.54) is 5.01 Å². The van der Waals surface area contributed by atoms with Gasteiger partial charge in [0, 0.05) is 12.5 Å². The van der Waals surface area contributed by atoms with Crippen LogP contribution in [0.4, 0.5) is 19.6 Å². The molecule has 3 N–H and O–H groups in total. The van der Waals surface area contributed by atoms with E-state index < -0.39 is 29.5 Å². The summed E-state index contributed by atoms with van der Waals surface area (Å²) in [6.07, 6.45) is 0.0320. The molecule has 28 heavy (non-hydrogen) atoms. The predicted octanol–water partition coefficient (Wildman–Crippen LogP) is 2.63. The van der Waals surface area contributed by atoms with Gasteiger partial charge in [0.05, 0.1) is 15.9 Å². The fraction of sp³-hybridized carbons (Fsp3) is 0.111. The van der Waals surface area contributed by atoms with Gasteiger partial charge in [-0.3, -0.25) is 19.9 Å². The van der Waals surface area contributed by atoms with Crippen LogP contribution in [0.25, 0.3) is 10.2 Å². The molecule has 1 aliphatic heterocycles. The number of hydrazone groups is 1. The highest BCUT2D eigenvalue weighted by atomic mass is 32.1. The molecule has 2 heterocycles. The number of amides is 2. The minimum atomic E-state index is -1.02. The number of nitrogens with zero attached hydrogens (tertiary/aromatic N) is 3. The average molecular weight is 401 g/mol. The average Bonchev–Trinajstić information content (AvgIpc) is 3.27. The lowest BCUT2D eigenvalue weighted by molar-refractivity contribution is -0.119. The van der Waals surface area contributed by atoms with Crippen molar-refractivity contribution < 1.29 is 18.4 Å². The monoisotopic (exact) mass is 401 g/mol. The van der Waals surface area contributed by atoms with Crippen molar-refractivity contribution in [2.45, 2.75) is 12.5 Å². The van der Waals surface area contributed by atoms with Gasteiger partial charge in [-0.25, -0.2) is 13.8 Å². The Morgan fingerprint density at radius 2 is 1.89 bits per heavy atom. The summed E-state index contributed by atoms with van der Waals surface area (Å²) in [4.78, 5) is 28.4. The zero-order valence-electron chi connectivity index (χ0n) is 14.2. The number of benzene rings is 2. The number of aromatic nitrogens is 1. The normalized spacial score (nSPS) is 16.3. The molecule has 2 amide bonds. The van der Waals surface area contributed by atoms with Crippen LogP contribution in [0, 0.1) is 11.6 Å². The summed E-state index contributed by atoms with van der Waals surface area (Å²) >= 11 is 1.00. The highest BCUT2D eigenvalue weighted by Crippen LogP contribution is 2.29. The van der Waals surface area contributed by atoms with E-state index in [2.05, 4.69) is 15.4 Å². The highest BCUT2D eigenvalue weighted by molar-refractivity contribution is 7.22. The van der Waals surface area contributed by atoms with Gasteiger partial charge in [-0.1, -0.05) is 29.5 Å². The van der Waals surface area contributed by atoms with Crippen LogP contribution >= 0.6 is 11.3 Å². The van der Waals surface area contributed by atoms with Crippen LogP contribution in [0.5, 0.6) is 0 Å². The molecule has 10 heteroatoms. The van der Waals surface area contributed by atoms with E-state index in [9.17, 15) is 18.4 Å². The van der Waals surface area contributed by atoms with Crippen molar-refractivity contribution >= 4 is 49.9 Å². The molecule has 142 valence electrons. The number of halogens is 2. The number of nitrogens with two attached hydrogens (primary N) is 1. The summed E-state index contributed by atoms with van der Waals surface area (Å²) < 4.78 is 27.1. The molecule has 1 atom stereocenters. The molecule has 0 radical (unpaired) electrons. The van der Waals surface area contributed by atoms with Crippen molar-refractivity contribution in [2.24, 2.45) is 10.8 Å². The number of carbonyl (C=O) groups excluding carboxylic acids is 2. The molecule has 0 fully saturated rings. The van der Waals surface area contributed by atoms with Crippen molar-refractivity contribution in [3.05, 3.63) is 54.1 Å². The van der Waals surface area contributed by atoms with Gasteiger partial charge in [0.25, 0.3) is 5.91 Å². The highest BCUT2D eigenvalue weighted by Gasteiger charge is 2.35. The van der Waals surface area contributed by atoms with E-state index in [1.807, 2.05) is 6.07 Å². The summed E-state index contributed by atoms with van der Waals surface area (Å²) in [5, 5.41) is 8.36. The van der Waals surface area contributed by atoms with Gasteiger partial charge in [-0.2, -0.15) is 5.10 Å². The number of thiazole rings is 1. The topological polar surface area (TPSA) is 101 Å². The van der Waals surface area contributed by atoms with Crippen LogP contribution in [0.15, 0.2) is 47.6 Å². The Morgan fingerprint density at radius 3 is 2.61 bits per heavy atom. The number of nitrogens with one attached hydrogen (secondary N) is 1. The van der Waals surface area contributed by atoms with Crippen LogP contribution in [0.3, 0.4) is 0 Å². The predicted molar refractivity (Wildman–Crippen MR) is 102 cm³/mol. The Labute approximate surface area is 161 Å². The van der Waals surface area contributed by atoms with Crippen molar-refractivity contribution in [1.29, 1.82) is 0 Å². The minimum Gasteiger partial charge on any atom is -0.368 e. The first-order valence-electron chi connectivity index (χ1n) is 8.20. The maximum Gasteiger partial charge on any atom is 0.273 e. The van der Waals surface area contributed by atoms with Crippen LogP contribution < -0.4 is 16.1 Å². The standard InChI is InChI=1S/C18H13F2N5O2S/c19-10-6-12-15(7-11(10)20)28-18(22-12)23-17(27)13-8-14(16(21)26)25(24-13)9-4-2-1-3-5-9/h1-7,14H,8H2,(H2,21,26)(H,22,23,27). The molecule has 0 spiro atoms. The molecule has 0 saturated carbocycles. The molecule has 3 aromatic rings. The summed E-state index contributed by atoms with van der Waals surface area (Å²) in [6, 6.07) is 10.1. The molecule has 1 aliphatic rings. The zero-order valence-corrected chi connectivity index (χ0v) is 15.0. The Morgan fingerprint density at radius 1 is 1.18 bits per heavy atom. The molecular weight excluding hydrogens is 388 g/mol. The number of hydrogen-bond acceptors (Lipinski definition) is 6. The molecule has 1 unspecified atom stereocenters. The smallest absolute Gasteiger partial charge is 0.273 e. The van der Waals surface area contributed by atoms with Crippen molar-refractivity contribution in [1.82, 2.24) is 4.98 Å². The molecule has 4 rings (SSSR count). The summed E-state index contributed by atoms with van der Waals surface area (Å²) in [6.45, 7) is 0. The molecule has 0 bridgehead atoms. The number of hydrogen-bond donors (Lipinski definition) is 2. The van der Waals surface area contributed by atoms with Crippen LogP contribution in [-0.2, 0) is 9.59 Å². The SMILES string of the molecule is NC(=O)C1CC(C(=O)Nc2nc3cc(F)c(F)cc3s2)=NN1c1ccccc1. The van der Waals surface area contributed by atoms with Gasteiger partial charge in [-0.05, 0) is 18.2 Å². The maximum atomic E-state index is 13.3. The van der Waals surface area contributed by atoms with E-state index in [-0.39, 0.29) is 22.8 Å². The van der Waals surface area contributed by atoms with Crippen LogP contribution in [0.2, 0.25) is 0 Å². The molecule has 2 aromatic carbocycles. The Bertz CT molecular complexity index is 1080. The summed E-state index contributed by atoms with van der Waals surface area (Å²) in [5.41, 5.74) is 6.41. The van der Waals surface area contributed by atoms with Crippen LogP contribution in [-0.4, -0.2) is 28.6 Å². The third-order valence-corrected chi connectivity index (χ3v) is 5.11.